The molecule has 0 saturated heterocycles. The lowest BCUT2D eigenvalue weighted by atomic mass is 10.2. The van der Waals surface area contributed by atoms with Crippen molar-refractivity contribution in [1.82, 2.24) is 4.98 Å². The normalized spacial score (nSPS) is 10.1. The first kappa shape index (κ1) is 18.1. The van der Waals surface area contributed by atoms with Gasteiger partial charge in [-0.1, -0.05) is 12.1 Å². The SMILES string of the molecule is CC(=O)Nc1cccc(NC(=O)c2ccc(Nc3cccc(F)c3)cn2)c1. The maximum absolute atomic E-state index is 13.2. The van der Waals surface area contributed by atoms with E-state index in [1.165, 1.54) is 25.3 Å². The second-order valence-electron chi connectivity index (χ2n) is 5.78. The summed E-state index contributed by atoms with van der Waals surface area (Å²) in [6, 6.07) is 16.1. The highest BCUT2D eigenvalue weighted by Gasteiger charge is 2.08. The van der Waals surface area contributed by atoms with Crippen LogP contribution in [0.3, 0.4) is 0 Å². The van der Waals surface area contributed by atoms with E-state index in [1.54, 1.807) is 48.5 Å². The van der Waals surface area contributed by atoms with Crippen molar-refractivity contribution >= 4 is 34.6 Å². The van der Waals surface area contributed by atoms with E-state index in [0.29, 0.717) is 22.7 Å². The van der Waals surface area contributed by atoms with E-state index in [0.717, 1.165) is 0 Å². The summed E-state index contributed by atoms with van der Waals surface area (Å²) in [5.41, 5.74) is 2.57. The number of rotatable bonds is 5. The van der Waals surface area contributed by atoms with E-state index in [2.05, 4.69) is 20.9 Å². The molecule has 0 unspecified atom stereocenters. The predicted octanol–water partition coefficient (Wildman–Crippen LogP) is 4.18. The minimum absolute atomic E-state index is 0.193. The standard InChI is InChI=1S/C20H17FN4O2/c1-13(26)23-16-6-3-7-17(11-16)25-20(27)19-9-8-18(12-22-19)24-15-5-2-4-14(21)10-15/h2-12,24H,1H3,(H,23,26)(H,25,27). The summed E-state index contributed by atoms with van der Waals surface area (Å²) in [4.78, 5) is 27.6. The number of carbonyl (C=O) groups excluding carboxylic acids is 2. The molecule has 3 rings (SSSR count). The number of halogens is 1. The van der Waals surface area contributed by atoms with Gasteiger partial charge in [0.15, 0.2) is 0 Å². The Bertz CT molecular complexity index is 974. The van der Waals surface area contributed by atoms with Crippen LogP contribution in [-0.2, 0) is 4.79 Å². The van der Waals surface area contributed by atoms with Gasteiger partial charge in [0.25, 0.3) is 5.91 Å². The molecule has 0 aliphatic carbocycles. The van der Waals surface area contributed by atoms with E-state index >= 15 is 0 Å². The van der Waals surface area contributed by atoms with Crippen molar-refractivity contribution in [2.24, 2.45) is 0 Å². The number of anilines is 4. The third-order valence-corrected chi connectivity index (χ3v) is 3.55. The van der Waals surface area contributed by atoms with Gasteiger partial charge >= 0.3 is 0 Å². The van der Waals surface area contributed by atoms with E-state index < -0.39 is 0 Å². The molecule has 0 aliphatic rings. The molecule has 27 heavy (non-hydrogen) atoms. The third-order valence-electron chi connectivity index (χ3n) is 3.55. The first-order chi connectivity index (χ1) is 13.0. The Kier molecular flexibility index (Phi) is 5.41. The van der Waals surface area contributed by atoms with Crippen LogP contribution in [0.15, 0.2) is 66.9 Å². The Balaban J connectivity index is 1.66. The summed E-state index contributed by atoms with van der Waals surface area (Å²) in [5, 5.41) is 8.39. The van der Waals surface area contributed by atoms with Crippen LogP contribution in [0.1, 0.15) is 17.4 Å². The van der Waals surface area contributed by atoms with Crippen LogP contribution >= 0.6 is 0 Å². The Labute approximate surface area is 155 Å². The summed E-state index contributed by atoms with van der Waals surface area (Å²) in [7, 11) is 0. The zero-order valence-corrected chi connectivity index (χ0v) is 14.5. The maximum atomic E-state index is 13.2. The van der Waals surface area contributed by atoms with E-state index in [4.69, 9.17) is 0 Å². The largest absolute Gasteiger partial charge is 0.354 e. The molecule has 3 aromatic rings. The van der Waals surface area contributed by atoms with Crippen molar-refractivity contribution < 1.29 is 14.0 Å². The van der Waals surface area contributed by atoms with E-state index in [9.17, 15) is 14.0 Å². The average Bonchev–Trinajstić information content (AvgIpc) is 2.62. The number of hydrogen-bond donors (Lipinski definition) is 3. The van der Waals surface area contributed by atoms with Crippen LogP contribution in [-0.4, -0.2) is 16.8 Å². The second-order valence-corrected chi connectivity index (χ2v) is 5.78. The molecule has 0 aliphatic heterocycles. The molecule has 0 atom stereocenters. The topological polar surface area (TPSA) is 83.1 Å². The lowest BCUT2D eigenvalue weighted by molar-refractivity contribution is -0.114. The van der Waals surface area contributed by atoms with Gasteiger partial charge in [0, 0.05) is 24.0 Å². The molecular formula is C20H17FN4O2. The highest BCUT2D eigenvalue weighted by atomic mass is 19.1. The highest BCUT2D eigenvalue weighted by Crippen LogP contribution is 2.18. The zero-order chi connectivity index (χ0) is 19.2. The van der Waals surface area contributed by atoms with Crippen LogP contribution in [0.5, 0.6) is 0 Å². The minimum Gasteiger partial charge on any atom is -0.354 e. The first-order valence-corrected chi connectivity index (χ1v) is 8.17. The summed E-state index contributed by atoms with van der Waals surface area (Å²) >= 11 is 0. The van der Waals surface area contributed by atoms with Crippen molar-refractivity contribution in [1.29, 1.82) is 0 Å². The number of carbonyl (C=O) groups is 2. The Morgan fingerprint density at radius 2 is 1.56 bits per heavy atom. The van der Waals surface area contributed by atoms with Crippen molar-refractivity contribution in [2.75, 3.05) is 16.0 Å². The monoisotopic (exact) mass is 364 g/mol. The van der Waals surface area contributed by atoms with Gasteiger partial charge in [-0.2, -0.15) is 0 Å². The van der Waals surface area contributed by atoms with Crippen molar-refractivity contribution in [3.63, 3.8) is 0 Å². The Morgan fingerprint density at radius 1 is 0.852 bits per heavy atom. The molecule has 0 radical (unpaired) electrons. The van der Waals surface area contributed by atoms with Crippen molar-refractivity contribution in [3.8, 4) is 0 Å². The summed E-state index contributed by atoms with van der Waals surface area (Å²) < 4.78 is 13.2. The molecule has 2 aromatic carbocycles. The number of nitrogens with zero attached hydrogens (tertiary/aromatic N) is 1. The van der Waals surface area contributed by atoms with Crippen LogP contribution in [0.25, 0.3) is 0 Å². The van der Waals surface area contributed by atoms with Gasteiger partial charge < -0.3 is 16.0 Å². The first-order valence-electron chi connectivity index (χ1n) is 8.17. The fourth-order valence-corrected chi connectivity index (χ4v) is 2.41. The molecule has 1 aromatic heterocycles. The molecule has 136 valence electrons. The third kappa shape index (κ3) is 5.12. The van der Waals surface area contributed by atoms with Crippen LogP contribution < -0.4 is 16.0 Å². The number of amides is 2. The summed E-state index contributed by atoms with van der Waals surface area (Å²) in [6.45, 7) is 1.41. The molecule has 0 spiro atoms. The molecule has 1 heterocycles. The maximum Gasteiger partial charge on any atom is 0.274 e. The van der Waals surface area contributed by atoms with E-state index in [-0.39, 0.29) is 23.3 Å². The molecule has 0 bridgehead atoms. The van der Waals surface area contributed by atoms with Gasteiger partial charge in [0.05, 0.1) is 11.9 Å². The number of hydrogen-bond acceptors (Lipinski definition) is 4. The van der Waals surface area contributed by atoms with Gasteiger partial charge in [0.2, 0.25) is 5.91 Å². The second kappa shape index (κ2) is 8.09. The lowest BCUT2D eigenvalue weighted by Gasteiger charge is -2.09. The van der Waals surface area contributed by atoms with Gasteiger partial charge in [-0.15, -0.1) is 0 Å². The van der Waals surface area contributed by atoms with Crippen LogP contribution in [0.2, 0.25) is 0 Å². The van der Waals surface area contributed by atoms with Crippen LogP contribution in [0.4, 0.5) is 27.1 Å². The number of pyridine rings is 1. The quantitative estimate of drug-likeness (QED) is 0.634. The van der Waals surface area contributed by atoms with Crippen molar-refractivity contribution in [2.45, 2.75) is 6.92 Å². The molecule has 3 N–H and O–H groups in total. The van der Waals surface area contributed by atoms with Gasteiger partial charge in [-0.05, 0) is 48.5 Å². The predicted molar refractivity (Wildman–Crippen MR) is 103 cm³/mol. The smallest absolute Gasteiger partial charge is 0.274 e. The molecule has 0 fully saturated rings. The van der Waals surface area contributed by atoms with Crippen molar-refractivity contribution in [3.05, 3.63) is 78.4 Å². The number of benzene rings is 2. The summed E-state index contributed by atoms with van der Waals surface area (Å²) in [6.07, 6.45) is 1.49. The Morgan fingerprint density at radius 3 is 2.22 bits per heavy atom. The fourth-order valence-electron chi connectivity index (χ4n) is 2.41. The lowest BCUT2D eigenvalue weighted by Crippen LogP contribution is -2.14. The summed E-state index contributed by atoms with van der Waals surface area (Å²) in [5.74, 6) is -0.917. The van der Waals surface area contributed by atoms with Gasteiger partial charge in [0.1, 0.15) is 11.5 Å². The number of nitrogens with one attached hydrogen (secondary N) is 3. The van der Waals surface area contributed by atoms with Gasteiger partial charge in [-0.3, -0.25) is 9.59 Å². The Hall–Kier alpha value is -3.74. The molecule has 7 heteroatoms. The molecular weight excluding hydrogens is 347 g/mol. The fraction of sp³-hybridized carbons (Fsp3) is 0.0500. The molecule has 0 saturated carbocycles. The molecule has 2 amide bonds. The van der Waals surface area contributed by atoms with E-state index in [1.807, 2.05) is 0 Å². The van der Waals surface area contributed by atoms with Crippen LogP contribution in [0, 0.1) is 5.82 Å². The zero-order valence-electron chi connectivity index (χ0n) is 14.5. The minimum atomic E-state index is -0.382. The van der Waals surface area contributed by atoms with Gasteiger partial charge in [-0.25, -0.2) is 9.37 Å². The highest BCUT2D eigenvalue weighted by molar-refractivity contribution is 6.03. The molecule has 6 nitrogen and oxygen atoms in total. The number of aromatic nitrogens is 1. The average molecular weight is 364 g/mol.